The van der Waals surface area contributed by atoms with E-state index in [-0.39, 0.29) is 5.41 Å². The SMILES string of the molecule is CC1(C)c2ccccc2-c2c(N(c3ccc(-c4cccc5ccccc45)cc3)c3ccc(-c4c5oc(-c6ccccc6)nc5cc5c4oc4ccccc45)cc3)cccc21. The highest BCUT2D eigenvalue weighted by atomic mass is 16.4. The molecular weight excluding hydrogens is 733 g/mol. The molecule has 9 aromatic carbocycles. The summed E-state index contributed by atoms with van der Waals surface area (Å²) in [7, 11) is 0. The number of hydrogen-bond acceptors (Lipinski definition) is 4. The molecule has 0 saturated heterocycles. The van der Waals surface area contributed by atoms with Crippen molar-refractivity contribution in [2.75, 3.05) is 4.90 Å². The maximum absolute atomic E-state index is 6.66. The molecule has 0 radical (unpaired) electrons. The summed E-state index contributed by atoms with van der Waals surface area (Å²) in [6.07, 6.45) is 0. The fraction of sp³-hybridized carbons (Fsp3) is 0.0536. The van der Waals surface area contributed by atoms with E-state index in [1.54, 1.807) is 0 Å². The summed E-state index contributed by atoms with van der Waals surface area (Å²) < 4.78 is 13.3. The van der Waals surface area contributed by atoms with Crippen LogP contribution in [0.25, 0.3) is 88.6 Å². The highest BCUT2D eigenvalue weighted by Gasteiger charge is 2.37. The number of fused-ring (bicyclic) bond motifs is 8. The van der Waals surface area contributed by atoms with Gasteiger partial charge in [0.25, 0.3) is 0 Å². The second-order valence-corrected chi connectivity index (χ2v) is 16.3. The summed E-state index contributed by atoms with van der Waals surface area (Å²) in [6.45, 7) is 4.68. The van der Waals surface area contributed by atoms with Crippen LogP contribution in [0.5, 0.6) is 0 Å². The molecule has 284 valence electrons. The monoisotopic (exact) mass is 770 g/mol. The lowest BCUT2D eigenvalue weighted by Crippen LogP contribution is -2.16. The van der Waals surface area contributed by atoms with Crippen LogP contribution in [-0.2, 0) is 5.41 Å². The van der Waals surface area contributed by atoms with E-state index in [0.717, 1.165) is 61.2 Å². The normalized spacial score (nSPS) is 13.0. The second kappa shape index (κ2) is 13.2. The van der Waals surface area contributed by atoms with E-state index < -0.39 is 0 Å². The largest absolute Gasteiger partial charge is 0.455 e. The molecule has 12 rings (SSSR count). The molecule has 0 fully saturated rings. The zero-order valence-corrected chi connectivity index (χ0v) is 33.2. The number of hydrogen-bond donors (Lipinski definition) is 0. The number of furan rings is 1. The highest BCUT2D eigenvalue weighted by Crippen LogP contribution is 2.54. The molecule has 11 aromatic rings. The molecule has 0 spiro atoms. The Bertz CT molecular complexity index is 3440. The van der Waals surface area contributed by atoms with Gasteiger partial charge in [-0.3, -0.25) is 0 Å². The maximum atomic E-state index is 6.66. The van der Waals surface area contributed by atoms with Gasteiger partial charge >= 0.3 is 0 Å². The average molecular weight is 771 g/mol. The minimum absolute atomic E-state index is 0.137. The Hall–Kier alpha value is -7.69. The van der Waals surface area contributed by atoms with Crippen molar-refractivity contribution >= 4 is 60.9 Å². The van der Waals surface area contributed by atoms with Gasteiger partial charge in [0.1, 0.15) is 16.7 Å². The zero-order chi connectivity index (χ0) is 40.0. The molecule has 0 aliphatic heterocycles. The van der Waals surface area contributed by atoms with Crippen molar-refractivity contribution < 1.29 is 8.83 Å². The van der Waals surface area contributed by atoms with Crippen molar-refractivity contribution in [1.29, 1.82) is 0 Å². The van der Waals surface area contributed by atoms with Gasteiger partial charge in [0.15, 0.2) is 5.58 Å². The molecule has 0 saturated carbocycles. The smallest absolute Gasteiger partial charge is 0.227 e. The molecule has 1 aliphatic carbocycles. The Morgan fingerprint density at radius 2 is 1.08 bits per heavy atom. The quantitative estimate of drug-likeness (QED) is 0.169. The first-order valence-electron chi connectivity index (χ1n) is 20.5. The van der Waals surface area contributed by atoms with Crippen LogP contribution >= 0.6 is 0 Å². The van der Waals surface area contributed by atoms with E-state index in [4.69, 9.17) is 13.8 Å². The molecule has 0 N–H and O–H groups in total. The van der Waals surface area contributed by atoms with Gasteiger partial charge in [-0.1, -0.05) is 153 Å². The van der Waals surface area contributed by atoms with Crippen LogP contribution in [0.2, 0.25) is 0 Å². The van der Waals surface area contributed by atoms with Crippen LogP contribution in [0.1, 0.15) is 25.0 Å². The van der Waals surface area contributed by atoms with Crippen molar-refractivity contribution in [3.63, 3.8) is 0 Å². The van der Waals surface area contributed by atoms with Crippen molar-refractivity contribution in [3.05, 3.63) is 205 Å². The average Bonchev–Trinajstić information content (AvgIpc) is 3.97. The van der Waals surface area contributed by atoms with Crippen molar-refractivity contribution in [2.45, 2.75) is 19.3 Å². The first kappa shape index (κ1) is 34.4. The van der Waals surface area contributed by atoms with E-state index in [2.05, 4.69) is 170 Å². The first-order chi connectivity index (χ1) is 29.5. The van der Waals surface area contributed by atoms with Crippen molar-refractivity contribution in [3.8, 4) is 44.8 Å². The standard InChI is InChI=1S/C56H38N2O2/c1-56(2)46-22-10-8-20-44(46)52-47(56)23-13-24-49(52)58(39-30-26-36(27-31-39)42-21-12-17-35-14-6-7-18-41(35)42)40-32-28-37(29-33-40)51-53-45(43-19-9-11-25-50(43)59-53)34-48-54(51)60-55(57-48)38-15-4-3-5-16-38/h3-34H,1-2H3. The number of oxazole rings is 1. The molecule has 60 heavy (non-hydrogen) atoms. The minimum Gasteiger partial charge on any atom is -0.455 e. The number of aromatic nitrogens is 1. The number of anilines is 3. The lowest BCUT2D eigenvalue weighted by atomic mass is 9.82. The molecule has 4 heteroatoms. The third-order valence-corrected chi connectivity index (χ3v) is 12.5. The fourth-order valence-corrected chi connectivity index (χ4v) is 9.60. The minimum atomic E-state index is -0.137. The van der Waals surface area contributed by atoms with Crippen LogP contribution in [0.15, 0.2) is 203 Å². The molecule has 2 heterocycles. The van der Waals surface area contributed by atoms with Crippen LogP contribution in [0, 0.1) is 0 Å². The number of para-hydroxylation sites is 1. The Balaban J connectivity index is 1.05. The second-order valence-electron chi connectivity index (χ2n) is 16.3. The number of benzene rings is 9. The molecule has 0 atom stereocenters. The van der Waals surface area contributed by atoms with Crippen molar-refractivity contribution in [2.24, 2.45) is 0 Å². The maximum Gasteiger partial charge on any atom is 0.227 e. The van der Waals surface area contributed by atoms with Gasteiger partial charge in [-0.05, 0) is 98.8 Å². The summed E-state index contributed by atoms with van der Waals surface area (Å²) in [5.41, 5.74) is 16.7. The predicted molar refractivity (Wildman–Crippen MR) is 247 cm³/mol. The van der Waals surface area contributed by atoms with E-state index in [1.165, 1.54) is 44.2 Å². The molecule has 0 bridgehead atoms. The Morgan fingerprint density at radius 1 is 0.450 bits per heavy atom. The zero-order valence-electron chi connectivity index (χ0n) is 33.2. The van der Waals surface area contributed by atoms with Gasteiger partial charge in [0, 0.05) is 38.7 Å². The van der Waals surface area contributed by atoms with Gasteiger partial charge in [-0.2, -0.15) is 0 Å². The lowest BCUT2D eigenvalue weighted by molar-refractivity contribution is 0.619. The summed E-state index contributed by atoms with van der Waals surface area (Å²) in [5, 5.41) is 4.55. The van der Waals surface area contributed by atoms with Crippen molar-refractivity contribution in [1.82, 2.24) is 4.98 Å². The van der Waals surface area contributed by atoms with Gasteiger partial charge in [0.05, 0.1) is 11.3 Å². The molecule has 0 unspecified atom stereocenters. The summed E-state index contributed by atoms with van der Waals surface area (Å²) >= 11 is 0. The van der Waals surface area contributed by atoms with Crippen LogP contribution in [0.3, 0.4) is 0 Å². The number of rotatable bonds is 6. The first-order valence-corrected chi connectivity index (χ1v) is 20.5. The lowest BCUT2D eigenvalue weighted by Gasteiger charge is -2.29. The van der Waals surface area contributed by atoms with Crippen LogP contribution in [0.4, 0.5) is 17.1 Å². The topological polar surface area (TPSA) is 42.4 Å². The fourth-order valence-electron chi connectivity index (χ4n) is 9.60. The Morgan fingerprint density at radius 3 is 1.90 bits per heavy atom. The summed E-state index contributed by atoms with van der Waals surface area (Å²) in [4.78, 5) is 7.43. The van der Waals surface area contributed by atoms with E-state index in [1.807, 2.05) is 42.5 Å². The predicted octanol–water partition coefficient (Wildman–Crippen LogP) is 15.7. The molecule has 1 aliphatic rings. The molecule has 4 nitrogen and oxygen atoms in total. The van der Waals surface area contributed by atoms with E-state index >= 15 is 0 Å². The van der Waals surface area contributed by atoms with Gasteiger partial charge < -0.3 is 13.7 Å². The third-order valence-electron chi connectivity index (χ3n) is 12.5. The number of nitrogens with zero attached hydrogens (tertiary/aromatic N) is 2. The highest BCUT2D eigenvalue weighted by molar-refractivity contribution is 6.16. The van der Waals surface area contributed by atoms with Gasteiger partial charge in [-0.25, -0.2) is 4.98 Å². The summed E-state index contributed by atoms with van der Waals surface area (Å²) in [5.74, 6) is 0.583. The van der Waals surface area contributed by atoms with E-state index in [0.29, 0.717) is 11.5 Å². The molecular formula is C56H38N2O2. The third kappa shape index (κ3) is 5.20. The molecule has 0 amide bonds. The Labute approximate surface area is 347 Å². The Kier molecular flexibility index (Phi) is 7.54. The summed E-state index contributed by atoms with van der Waals surface area (Å²) in [6, 6.07) is 69.0. The van der Waals surface area contributed by atoms with Crippen LogP contribution in [-0.4, -0.2) is 4.98 Å². The van der Waals surface area contributed by atoms with Gasteiger partial charge in [-0.15, -0.1) is 0 Å². The molecule has 2 aromatic heterocycles. The van der Waals surface area contributed by atoms with E-state index in [9.17, 15) is 0 Å². The van der Waals surface area contributed by atoms with Crippen LogP contribution < -0.4 is 4.90 Å². The van der Waals surface area contributed by atoms with Gasteiger partial charge in [0.2, 0.25) is 5.89 Å².